The van der Waals surface area contributed by atoms with Crippen LogP contribution in [0.2, 0.25) is 0 Å². The molecule has 1 fully saturated rings. The van der Waals surface area contributed by atoms with Crippen LogP contribution in [0.5, 0.6) is 11.5 Å². The van der Waals surface area contributed by atoms with Crippen LogP contribution >= 0.6 is 0 Å². The predicted molar refractivity (Wildman–Crippen MR) is 145 cm³/mol. The molecule has 0 radical (unpaired) electrons. The van der Waals surface area contributed by atoms with Crippen molar-refractivity contribution in [2.24, 2.45) is 0 Å². The van der Waals surface area contributed by atoms with Gasteiger partial charge >= 0.3 is 0 Å². The maximum absolute atomic E-state index is 13.4. The standard InChI is InChI=1S/C29H30N2O6.3H2/c1-19-2-8-23(30-28(35)29(10-11-29)22-7-9-25-26(16-22)37-18-36-25)17-24(19)20-3-5-21(6-4-20)27(34)31(12-14-32)13-15-33;;;/h2-9,16-17,32-33H,10-15,18H2,1H3,(H,30,35);3*1H. The smallest absolute Gasteiger partial charge is 0.254 e. The highest BCUT2D eigenvalue weighted by Gasteiger charge is 2.51. The van der Waals surface area contributed by atoms with E-state index in [0.717, 1.165) is 35.1 Å². The molecule has 1 heterocycles. The fourth-order valence-electron chi connectivity index (χ4n) is 4.76. The Bertz CT molecular complexity index is 1330. The van der Waals surface area contributed by atoms with Crippen LogP contribution < -0.4 is 14.8 Å². The van der Waals surface area contributed by atoms with E-state index in [1.807, 2.05) is 55.5 Å². The van der Waals surface area contributed by atoms with E-state index >= 15 is 0 Å². The molecule has 0 unspecified atom stereocenters. The third-order valence-corrected chi connectivity index (χ3v) is 7.08. The lowest BCUT2D eigenvalue weighted by Gasteiger charge is -2.21. The van der Waals surface area contributed by atoms with Crippen LogP contribution in [0.15, 0.2) is 60.7 Å². The van der Waals surface area contributed by atoms with Crippen molar-refractivity contribution in [1.29, 1.82) is 0 Å². The summed E-state index contributed by atoms with van der Waals surface area (Å²) in [6, 6.07) is 18.7. The molecule has 198 valence electrons. The minimum absolute atomic E-state index is 0. The van der Waals surface area contributed by atoms with Crippen LogP contribution in [0.4, 0.5) is 5.69 Å². The van der Waals surface area contributed by atoms with Crippen LogP contribution in [0.3, 0.4) is 0 Å². The number of amides is 2. The number of nitrogens with one attached hydrogen (secondary N) is 1. The number of hydrogen-bond acceptors (Lipinski definition) is 6. The summed E-state index contributed by atoms with van der Waals surface area (Å²) in [4.78, 5) is 27.5. The third-order valence-electron chi connectivity index (χ3n) is 7.08. The van der Waals surface area contributed by atoms with Crippen LogP contribution in [0.1, 0.15) is 38.6 Å². The van der Waals surface area contributed by atoms with Gasteiger partial charge in [-0.15, -0.1) is 0 Å². The van der Waals surface area contributed by atoms with Crippen molar-refractivity contribution < 1.29 is 33.6 Å². The van der Waals surface area contributed by atoms with E-state index in [1.165, 1.54) is 4.90 Å². The van der Waals surface area contributed by atoms with Crippen LogP contribution in [0, 0.1) is 6.92 Å². The normalized spacial score (nSPS) is 14.8. The van der Waals surface area contributed by atoms with Crippen LogP contribution in [-0.4, -0.2) is 60.0 Å². The lowest BCUT2D eigenvalue weighted by molar-refractivity contribution is -0.118. The summed E-state index contributed by atoms with van der Waals surface area (Å²) in [7, 11) is 0. The fourth-order valence-corrected chi connectivity index (χ4v) is 4.76. The maximum Gasteiger partial charge on any atom is 0.254 e. The quantitative estimate of drug-likeness (QED) is 0.399. The van der Waals surface area contributed by atoms with Gasteiger partial charge in [0, 0.05) is 28.6 Å². The molecule has 3 N–H and O–H groups in total. The average molecular weight is 509 g/mol. The third kappa shape index (κ3) is 4.90. The first-order valence-electron chi connectivity index (χ1n) is 12.4. The van der Waals surface area contributed by atoms with E-state index in [-0.39, 0.29) is 49.2 Å². The summed E-state index contributed by atoms with van der Waals surface area (Å²) in [5.74, 6) is 1.08. The molecular weight excluding hydrogens is 472 g/mol. The molecule has 1 saturated carbocycles. The largest absolute Gasteiger partial charge is 0.454 e. The summed E-state index contributed by atoms with van der Waals surface area (Å²) in [5.41, 5.74) is 4.45. The first-order valence-corrected chi connectivity index (χ1v) is 12.4. The van der Waals surface area contributed by atoms with Crippen LogP contribution in [0.25, 0.3) is 11.1 Å². The Morgan fingerprint density at radius 1 is 0.946 bits per heavy atom. The number of aliphatic hydroxyl groups excluding tert-OH is 2. The molecule has 0 atom stereocenters. The number of aryl methyl sites for hydroxylation is 1. The lowest BCUT2D eigenvalue weighted by atomic mass is 9.94. The number of anilines is 1. The summed E-state index contributed by atoms with van der Waals surface area (Å²) in [5, 5.41) is 21.5. The SMILES string of the molecule is Cc1ccc(NC(=O)C2(c3ccc4c(c3)OCO4)CC2)cc1-c1ccc(C(=O)N(CCO)CCO)cc1.[HH].[HH].[HH]. The van der Waals surface area contributed by atoms with Gasteiger partial charge in [-0.25, -0.2) is 0 Å². The number of rotatable bonds is 9. The van der Waals surface area contributed by atoms with E-state index in [0.29, 0.717) is 22.7 Å². The van der Waals surface area contributed by atoms with Crippen molar-refractivity contribution in [2.75, 3.05) is 38.4 Å². The number of nitrogens with zero attached hydrogens (tertiary/aromatic N) is 1. The molecule has 0 aromatic heterocycles. The number of ether oxygens (including phenoxy) is 2. The van der Waals surface area contributed by atoms with Gasteiger partial charge in [0.2, 0.25) is 12.7 Å². The Kier molecular flexibility index (Phi) is 6.86. The van der Waals surface area contributed by atoms with E-state index in [2.05, 4.69) is 5.32 Å². The Hall–Kier alpha value is -3.88. The Morgan fingerprint density at radius 3 is 2.32 bits per heavy atom. The molecule has 1 aliphatic carbocycles. The zero-order chi connectivity index (χ0) is 26.0. The van der Waals surface area contributed by atoms with Gasteiger partial charge in [-0.1, -0.05) is 24.3 Å². The molecule has 0 bridgehead atoms. The molecule has 8 nitrogen and oxygen atoms in total. The van der Waals surface area contributed by atoms with Gasteiger partial charge in [-0.2, -0.15) is 0 Å². The van der Waals surface area contributed by atoms with Crippen molar-refractivity contribution in [3.05, 3.63) is 77.4 Å². The second kappa shape index (κ2) is 10.2. The molecular formula is C29H36N2O6. The van der Waals surface area contributed by atoms with E-state index in [1.54, 1.807) is 12.1 Å². The molecule has 5 rings (SSSR count). The minimum atomic E-state index is -0.566. The summed E-state index contributed by atoms with van der Waals surface area (Å²) < 4.78 is 10.9. The van der Waals surface area contributed by atoms with E-state index in [4.69, 9.17) is 9.47 Å². The fraction of sp³-hybridized carbons (Fsp3) is 0.310. The molecule has 2 aliphatic rings. The minimum Gasteiger partial charge on any atom is -0.454 e. The molecule has 1 aliphatic heterocycles. The van der Waals surface area contributed by atoms with Gasteiger partial charge in [0.05, 0.1) is 18.6 Å². The predicted octanol–water partition coefficient (Wildman–Crippen LogP) is 4.23. The van der Waals surface area contributed by atoms with Crippen molar-refractivity contribution in [2.45, 2.75) is 25.2 Å². The molecule has 3 aromatic rings. The van der Waals surface area contributed by atoms with Gasteiger partial charge in [0.1, 0.15) is 0 Å². The summed E-state index contributed by atoms with van der Waals surface area (Å²) in [6.45, 7) is 2.18. The van der Waals surface area contributed by atoms with Gasteiger partial charge < -0.3 is 29.9 Å². The molecule has 2 amide bonds. The summed E-state index contributed by atoms with van der Waals surface area (Å²) >= 11 is 0. The second-order valence-corrected chi connectivity index (χ2v) is 9.45. The van der Waals surface area contributed by atoms with E-state index < -0.39 is 5.41 Å². The van der Waals surface area contributed by atoms with Gasteiger partial charge in [0.25, 0.3) is 5.91 Å². The van der Waals surface area contributed by atoms with Crippen molar-refractivity contribution in [3.8, 4) is 22.6 Å². The van der Waals surface area contributed by atoms with Gasteiger partial charge in [-0.05, 0) is 78.4 Å². The van der Waals surface area contributed by atoms with Crippen LogP contribution in [-0.2, 0) is 10.2 Å². The molecule has 8 heteroatoms. The first-order chi connectivity index (χ1) is 17.9. The Morgan fingerprint density at radius 2 is 1.65 bits per heavy atom. The maximum atomic E-state index is 13.4. The topological polar surface area (TPSA) is 108 Å². The number of aliphatic hydroxyl groups is 2. The number of carbonyl (C=O) groups excluding carboxylic acids is 2. The highest BCUT2D eigenvalue weighted by Crippen LogP contribution is 2.51. The van der Waals surface area contributed by atoms with Crippen molar-refractivity contribution in [3.63, 3.8) is 0 Å². The Labute approximate surface area is 219 Å². The first kappa shape index (κ1) is 24.8. The number of carbonyl (C=O) groups is 2. The monoisotopic (exact) mass is 508 g/mol. The number of hydrogen-bond donors (Lipinski definition) is 3. The van der Waals surface area contributed by atoms with Gasteiger partial charge in [0.15, 0.2) is 11.5 Å². The highest BCUT2D eigenvalue weighted by molar-refractivity contribution is 6.02. The average Bonchev–Trinajstić information content (AvgIpc) is 3.60. The molecule has 3 aromatic carbocycles. The van der Waals surface area contributed by atoms with Crippen molar-refractivity contribution in [1.82, 2.24) is 4.90 Å². The molecule has 0 spiro atoms. The Balaban J connectivity index is 0.00000187. The molecule has 37 heavy (non-hydrogen) atoms. The number of fused-ring (bicyclic) bond motifs is 1. The highest BCUT2D eigenvalue weighted by atomic mass is 16.7. The zero-order valence-corrected chi connectivity index (χ0v) is 20.7. The van der Waals surface area contributed by atoms with Gasteiger partial charge in [-0.3, -0.25) is 9.59 Å². The zero-order valence-electron chi connectivity index (χ0n) is 20.7. The van der Waals surface area contributed by atoms with Crippen molar-refractivity contribution >= 4 is 17.5 Å². The number of benzene rings is 3. The van der Waals surface area contributed by atoms with E-state index in [9.17, 15) is 19.8 Å². The second-order valence-electron chi connectivity index (χ2n) is 9.45. The lowest BCUT2D eigenvalue weighted by Crippen LogP contribution is -2.35. The summed E-state index contributed by atoms with van der Waals surface area (Å²) in [6.07, 6.45) is 1.55. The molecule has 0 saturated heterocycles.